The molecular weight excluding hydrogens is 406 g/mol. The molecule has 0 radical (unpaired) electrons. The number of nitrogens with zero attached hydrogens (tertiary/aromatic N) is 3. The van der Waals surface area contributed by atoms with Crippen molar-refractivity contribution in [2.75, 3.05) is 66.1 Å². The summed E-state index contributed by atoms with van der Waals surface area (Å²) in [6.07, 6.45) is 2.63. The van der Waals surface area contributed by atoms with E-state index in [1.807, 2.05) is 6.07 Å². The topological polar surface area (TPSA) is 57.6 Å². The third-order valence-electron chi connectivity index (χ3n) is 8.74. The number of aryl methyl sites for hydroxylation is 1. The standard InChI is InChI=1S/C25H37N3O4/c1-17-3-4-22-23(9-17)31-14-19(13-30-22)27-10-21-20(12-29)24-11-28(16-25(21,15-27)32-24)18-5-7-26(2)8-6-18/h3-4,9,18-21,24,29H,5-8,10-16H2,1-2H3/t19?,20-,21+,24+,25-/m0/s1. The third-order valence-corrected chi connectivity index (χ3v) is 8.74. The molecule has 0 amide bonds. The second-order valence-electron chi connectivity index (χ2n) is 10.8. The molecule has 5 atom stereocenters. The Morgan fingerprint density at radius 1 is 1.00 bits per heavy atom. The van der Waals surface area contributed by atoms with Gasteiger partial charge in [0.2, 0.25) is 0 Å². The molecule has 0 aromatic heterocycles. The van der Waals surface area contributed by atoms with E-state index in [0.29, 0.717) is 25.2 Å². The molecule has 1 spiro atoms. The largest absolute Gasteiger partial charge is 0.488 e. The van der Waals surface area contributed by atoms with Crippen LogP contribution in [0.25, 0.3) is 0 Å². The summed E-state index contributed by atoms with van der Waals surface area (Å²) in [5, 5.41) is 10.3. The SMILES string of the molecule is Cc1ccc2c(c1)OCC(N1C[C@@H]3[C@H](CO)[C@H]4CN(C5CCN(C)CC5)C[C@]3(C1)O4)CO2. The van der Waals surface area contributed by atoms with Crippen LogP contribution in [0.3, 0.4) is 0 Å². The lowest BCUT2D eigenvalue weighted by Gasteiger charge is -2.46. The van der Waals surface area contributed by atoms with Gasteiger partial charge >= 0.3 is 0 Å². The van der Waals surface area contributed by atoms with E-state index in [2.05, 4.69) is 40.8 Å². The number of benzene rings is 1. The zero-order chi connectivity index (χ0) is 21.9. The van der Waals surface area contributed by atoms with E-state index in [1.54, 1.807) is 0 Å². The number of likely N-dealkylation sites (tertiary alicyclic amines) is 3. The molecular formula is C25H37N3O4. The maximum atomic E-state index is 10.3. The predicted molar refractivity (Wildman–Crippen MR) is 121 cm³/mol. The van der Waals surface area contributed by atoms with Crippen molar-refractivity contribution in [1.29, 1.82) is 0 Å². The number of piperidine rings is 1. The van der Waals surface area contributed by atoms with E-state index in [0.717, 1.165) is 37.7 Å². The summed E-state index contributed by atoms with van der Waals surface area (Å²) >= 11 is 0. The molecule has 1 aromatic carbocycles. The Labute approximate surface area is 191 Å². The van der Waals surface area contributed by atoms with Gasteiger partial charge < -0.3 is 24.2 Å². The Hall–Kier alpha value is -1.38. The molecule has 2 bridgehead atoms. The average Bonchev–Trinajstić information content (AvgIpc) is 3.11. The van der Waals surface area contributed by atoms with Crippen LogP contribution in [-0.4, -0.2) is 110 Å². The Morgan fingerprint density at radius 2 is 1.72 bits per heavy atom. The molecule has 1 aromatic rings. The third kappa shape index (κ3) is 3.53. The van der Waals surface area contributed by atoms with Crippen LogP contribution in [0, 0.1) is 18.8 Å². The maximum Gasteiger partial charge on any atom is 0.161 e. The summed E-state index contributed by atoms with van der Waals surface area (Å²) in [6.45, 7) is 9.73. The normalized spacial score (nSPS) is 38.6. The van der Waals surface area contributed by atoms with E-state index in [1.165, 1.54) is 31.5 Å². The first-order valence-corrected chi connectivity index (χ1v) is 12.4. The number of fused-ring (bicyclic) bond motifs is 2. The van der Waals surface area contributed by atoms with Gasteiger partial charge in [0.05, 0.1) is 17.7 Å². The van der Waals surface area contributed by atoms with Crippen LogP contribution in [-0.2, 0) is 4.74 Å². The van der Waals surface area contributed by atoms with Crippen LogP contribution >= 0.6 is 0 Å². The molecule has 1 N–H and O–H groups in total. The van der Waals surface area contributed by atoms with Crippen LogP contribution in [0.15, 0.2) is 18.2 Å². The fourth-order valence-corrected chi connectivity index (χ4v) is 6.90. The van der Waals surface area contributed by atoms with Crippen LogP contribution in [0.2, 0.25) is 0 Å². The minimum absolute atomic E-state index is 0.161. The van der Waals surface area contributed by atoms with E-state index >= 15 is 0 Å². The number of aliphatic hydroxyl groups excluding tert-OH is 1. The monoisotopic (exact) mass is 443 g/mol. The molecule has 0 aliphatic carbocycles. The van der Waals surface area contributed by atoms with Crippen molar-refractivity contribution in [3.8, 4) is 11.5 Å². The minimum Gasteiger partial charge on any atom is -0.488 e. The molecule has 5 aliphatic heterocycles. The summed E-state index contributed by atoms with van der Waals surface area (Å²) in [5.74, 6) is 2.29. The van der Waals surface area contributed by atoms with Crippen LogP contribution in [0.1, 0.15) is 18.4 Å². The number of morpholine rings is 1. The van der Waals surface area contributed by atoms with Gasteiger partial charge in [0, 0.05) is 50.7 Å². The maximum absolute atomic E-state index is 10.3. The smallest absolute Gasteiger partial charge is 0.161 e. The zero-order valence-corrected chi connectivity index (χ0v) is 19.4. The molecule has 4 saturated heterocycles. The number of ether oxygens (including phenoxy) is 3. The molecule has 4 fully saturated rings. The quantitative estimate of drug-likeness (QED) is 0.754. The van der Waals surface area contributed by atoms with Gasteiger partial charge in [-0.3, -0.25) is 9.80 Å². The van der Waals surface area contributed by atoms with E-state index in [-0.39, 0.29) is 30.3 Å². The average molecular weight is 444 g/mol. The highest BCUT2D eigenvalue weighted by atomic mass is 16.5. The molecule has 176 valence electrons. The van der Waals surface area contributed by atoms with Gasteiger partial charge in [-0.1, -0.05) is 6.07 Å². The van der Waals surface area contributed by atoms with Gasteiger partial charge in [0.15, 0.2) is 11.5 Å². The summed E-state index contributed by atoms with van der Waals surface area (Å²) in [6, 6.07) is 6.99. The molecule has 0 saturated carbocycles. The van der Waals surface area contributed by atoms with Gasteiger partial charge in [-0.05, 0) is 57.6 Å². The van der Waals surface area contributed by atoms with Gasteiger partial charge in [-0.2, -0.15) is 0 Å². The van der Waals surface area contributed by atoms with Crippen molar-refractivity contribution in [1.82, 2.24) is 14.7 Å². The predicted octanol–water partition coefficient (Wildman–Crippen LogP) is 1.22. The fraction of sp³-hybridized carbons (Fsp3) is 0.760. The van der Waals surface area contributed by atoms with Crippen LogP contribution in [0.4, 0.5) is 0 Å². The van der Waals surface area contributed by atoms with Crippen LogP contribution < -0.4 is 9.47 Å². The highest BCUT2D eigenvalue weighted by molar-refractivity contribution is 5.43. The van der Waals surface area contributed by atoms with E-state index in [4.69, 9.17) is 14.2 Å². The first-order valence-electron chi connectivity index (χ1n) is 12.4. The second kappa shape index (κ2) is 8.13. The first kappa shape index (κ1) is 21.2. The van der Waals surface area contributed by atoms with Gasteiger partial charge in [0.1, 0.15) is 13.2 Å². The van der Waals surface area contributed by atoms with Crippen molar-refractivity contribution >= 4 is 0 Å². The number of hydrogen-bond acceptors (Lipinski definition) is 7. The Kier molecular flexibility index (Phi) is 5.38. The summed E-state index contributed by atoms with van der Waals surface area (Å²) in [5.41, 5.74) is 1.01. The first-order chi connectivity index (χ1) is 15.5. The van der Waals surface area contributed by atoms with Crippen molar-refractivity contribution in [2.24, 2.45) is 11.8 Å². The number of aliphatic hydroxyl groups is 1. The molecule has 7 nitrogen and oxygen atoms in total. The van der Waals surface area contributed by atoms with Crippen molar-refractivity contribution in [2.45, 2.75) is 43.6 Å². The molecule has 6 rings (SSSR count). The Bertz CT molecular complexity index is 844. The van der Waals surface area contributed by atoms with Gasteiger partial charge in [-0.15, -0.1) is 0 Å². The van der Waals surface area contributed by atoms with Gasteiger partial charge in [0.25, 0.3) is 0 Å². The highest BCUT2D eigenvalue weighted by Gasteiger charge is 2.63. The number of rotatable bonds is 3. The van der Waals surface area contributed by atoms with Crippen molar-refractivity contribution in [3.05, 3.63) is 23.8 Å². The van der Waals surface area contributed by atoms with E-state index in [9.17, 15) is 5.11 Å². The van der Waals surface area contributed by atoms with Crippen molar-refractivity contribution in [3.63, 3.8) is 0 Å². The Balaban J connectivity index is 1.18. The molecule has 32 heavy (non-hydrogen) atoms. The molecule has 7 heteroatoms. The minimum atomic E-state index is -0.171. The zero-order valence-electron chi connectivity index (χ0n) is 19.4. The summed E-state index contributed by atoms with van der Waals surface area (Å²) in [4.78, 5) is 7.65. The van der Waals surface area contributed by atoms with Gasteiger partial charge in [-0.25, -0.2) is 0 Å². The summed E-state index contributed by atoms with van der Waals surface area (Å²) in [7, 11) is 2.22. The molecule has 5 aliphatic rings. The highest BCUT2D eigenvalue weighted by Crippen LogP contribution is 2.50. The number of hydrogen-bond donors (Lipinski definition) is 1. The lowest BCUT2D eigenvalue weighted by molar-refractivity contribution is -0.132. The Morgan fingerprint density at radius 3 is 2.47 bits per heavy atom. The molecule has 1 unspecified atom stereocenters. The van der Waals surface area contributed by atoms with Crippen LogP contribution in [0.5, 0.6) is 11.5 Å². The van der Waals surface area contributed by atoms with E-state index < -0.39 is 0 Å². The second-order valence-corrected chi connectivity index (χ2v) is 10.8. The summed E-state index contributed by atoms with van der Waals surface area (Å²) < 4.78 is 19.1. The molecule has 5 heterocycles. The fourth-order valence-electron chi connectivity index (χ4n) is 6.90. The van der Waals surface area contributed by atoms with Crippen molar-refractivity contribution < 1.29 is 19.3 Å². The lowest BCUT2D eigenvalue weighted by atomic mass is 9.83. The lowest BCUT2D eigenvalue weighted by Crippen LogP contribution is -2.58.